The van der Waals surface area contributed by atoms with E-state index >= 15 is 0 Å². The predicted octanol–water partition coefficient (Wildman–Crippen LogP) is 4.18. The van der Waals surface area contributed by atoms with Gasteiger partial charge in [-0.2, -0.15) is 5.26 Å². The van der Waals surface area contributed by atoms with Crippen LogP contribution in [0.4, 0.5) is 0 Å². The van der Waals surface area contributed by atoms with Gasteiger partial charge in [0.05, 0.1) is 11.6 Å². The number of benzene rings is 2. The fourth-order valence-corrected chi connectivity index (χ4v) is 1.65. The number of phenols is 1. The van der Waals surface area contributed by atoms with Gasteiger partial charge < -0.3 is 9.84 Å². The normalized spacial score (nSPS) is 9.10. The lowest BCUT2D eigenvalue weighted by atomic mass is 10.1. The molecule has 0 aliphatic carbocycles. The summed E-state index contributed by atoms with van der Waals surface area (Å²) in [6.45, 7) is 6.31. The molecule has 0 amide bonds. The Hall–Kier alpha value is -2.47. The highest BCUT2D eigenvalue weighted by atomic mass is 16.5. The minimum Gasteiger partial charge on any atom is -0.508 e. The average Bonchev–Trinajstić information content (AvgIpc) is 2.47. The number of nitrogens with zero attached hydrogens (tertiary/aromatic N) is 1. The Balaban J connectivity index is 0.000000956. The lowest BCUT2D eigenvalue weighted by Crippen LogP contribution is -1.95. The molecule has 0 atom stereocenters. The van der Waals surface area contributed by atoms with Crippen molar-refractivity contribution in [2.24, 2.45) is 0 Å². The molecule has 20 heavy (non-hydrogen) atoms. The number of phenolic OH excluding ortho intramolecular Hbond substituents is 1. The highest BCUT2D eigenvalue weighted by molar-refractivity contribution is 5.37. The van der Waals surface area contributed by atoms with Crippen molar-refractivity contribution >= 4 is 0 Å². The second-order valence-electron chi connectivity index (χ2n) is 4.10. The minimum absolute atomic E-state index is 0.199. The number of rotatable bonds is 3. The van der Waals surface area contributed by atoms with Gasteiger partial charge >= 0.3 is 0 Å². The molecule has 0 aliphatic rings. The van der Waals surface area contributed by atoms with E-state index in [1.807, 2.05) is 39.0 Å². The molecule has 0 bridgehead atoms. The maximum atomic E-state index is 9.44. The van der Waals surface area contributed by atoms with Gasteiger partial charge in [0.1, 0.15) is 18.1 Å². The van der Waals surface area contributed by atoms with Crippen molar-refractivity contribution in [3.63, 3.8) is 0 Å². The van der Waals surface area contributed by atoms with Gasteiger partial charge in [0.25, 0.3) is 0 Å². The summed E-state index contributed by atoms with van der Waals surface area (Å²) in [7, 11) is 0. The van der Waals surface area contributed by atoms with E-state index in [1.54, 1.807) is 24.3 Å². The Morgan fingerprint density at radius 1 is 1.10 bits per heavy atom. The first-order chi connectivity index (χ1) is 9.67. The molecule has 0 spiro atoms. The highest BCUT2D eigenvalue weighted by Gasteiger charge is 2.00. The number of hydrogen-bond donors (Lipinski definition) is 1. The monoisotopic (exact) mass is 269 g/mol. The smallest absolute Gasteiger partial charge is 0.123 e. The summed E-state index contributed by atoms with van der Waals surface area (Å²) in [5.74, 6) is 0.835. The van der Waals surface area contributed by atoms with Gasteiger partial charge in [-0.15, -0.1) is 0 Å². The molecule has 104 valence electrons. The molecule has 0 fully saturated rings. The lowest BCUT2D eigenvalue weighted by Gasteiger charge is -2.07. The van der Waals surface area contributed by atoms with Crippen molar-refractivity contribution in [3.8, 4) is 17.6 Å². The van der Waals surface area contributed by atoms with Crippen LogP contribution < -0.4 is 4.74 Å². The number of aromatic hydroxyl groups is 1. The van der Waals surface area contributed by atoms with Crippen LogP contribution in [0.5, 0.6) is 11.5 Å². The molecular weight excluding hydrogens is 250 g/mol. The van der Waals surface area contributed by atoms with Crippen LogP contribution in [0.25, 0.3) is 0 Å². The first kappa shape index (κ1) is 15.6. The third-order valence-corrected chi connectivity index (χ3v) is 2.52. The standard InChI is InChI=1S/C15H13NO2.C2H6/c1-11-6-14(17)8-15(7-11)18-10-13-4-2-12(9-16)3-5-13;1-2/h2-8,17H,10H2,1H3;1-2H3. The number of hydrogen-bond acceptors (Lipinski definition) is 3. The Morgan fingerprint density at radius 3 is 2.30 bits per heavy atom. The van der Waals surface area contributed by atoms with E-state index in [-0.39, 0.29) is 5.75 Å². The zero-order valence-corrected chi connectivity index (χ0v) is 12.1. The van der Waals surface area contributed by atoms with Crippen molar-refractivity contribution in [2.45, 2.75) is 27.4 Å². The molecule has 1 N–H and O–H groups in total. The second-order valence-corrected chi connectivity index (χ2v) is 4.10. The van der Waals surface area contributed by atoms with Gasteiger partial charge in [-0.1, -0.05) is 26.0 Å². The van der Waals surface area contributed by atoms with Crippen LogP contribution >= 0.6 is 0 Å². The first-order valence-corrected chi connectivity index (χ1v) is 6.60. The van der Waals surface area contributed by atoms with Gasteiger partial charge in [-0.3, -0.25) is 0 Å². The van der Waals surface area contributed by atoms with Gasteiger partial charge in [0.2, 0.25) is 0 Å². The SMILES string of the molecule is CC.Cc1cc(O)cc(OCc2ccc(C#N)cc2)c1. The Kier molecular flexibility index (Phi) is 6.12. The first-order valence-electron chi connectivity index (χ1n) is 6.60. The molecule has 2 aromatic rings. The third-order valence-electron chi connectivity index (χ3n) is 2.52. The fourth-order valence-electron chi connectivity index (χ4n) is 1.65. The summed E-state index contributed by atoms with van der Waals surface area (Å²) < 4.78 is 5.58. The quantitative estimate of drug-likeness (QED) is 0.909. The molecule has 0 unspecified atom stereocenters. The summed E-state index contributed by atoms with van der Waals surface area (Å²) in [6.07, 6.45) is 0. The molecule has 2 aromatic carbocycles. The molecule has 0 radical (unpaired) electrons. The van der Waals surface area contributed by atoms with Crippen LogP contribution in [-0.4, -0.2) is 5.11 Å². The van der Waals surface area contributed by atoms with Crippen molar-refractivity contribution in [3.05, 3.63) is 59.2 Å². The Labute approximate surface area is 120 Å². The molecule has 2 rings (SSSR count). The molecule has 0 saturated heterocycles. The number of nitriles is 1. The van der Waals surface area contributed by atoms with Crippen LogP contribution in [-0.2, 0) is 6.61 Å². The third kappa shape index (κ3) is 4.66. The summed E-state index contributed by atoms with van der Waals surface area (Å²) >= 11 is 0. The maximum absolute atomic E-state index is 9.44. The Morgan fingerprint density at radius 2 is 1.75 bits per heavy atom. The molecule has 0 aromatic heterocycles. The van der Waals surface area contributed by atoms with Crippen LogP contribution in [0.3, 0.4) is 0 Å². The molecule has 0 saturated carbocycles. The van der Waals surface area contributed by atoms with Gasteiger partial charge in [0.15, 0.2) is 0 Å². The van der Waals surface area contributed by atoms with E-state index in [2.05, 4.69) is 6.07 Å². The summed E-state index contributed by atoms with van der Waals surface area (Å²) in [6, 6.07) is 14.4. The van der Waals surface area contributed by atoms with Crippen LogP contribution in [0.15, 0.2) is 42.5 Å². The molecule has 3 nitrogen and oxygen atoms in total. The average molecular weight is 269 g/mol. The van der Waals surface area contributed by atoms with E-state index in [1.165, 1.54) is 0 Å². The maximum Gasteiger partial charge on any atom is 0.123 e. The minimum atomic E-state index is 0.199. The fraction of sp³-hybridized carbons (Fsp3) is 0.235. The topological polar surface area (TPSA) is 53.2 Å². The van der Waals surface area contributed by atoms with Crippen LogP contribution in [0.2, 0.25) is 0 Å². The molecular formula is C17H19NO2. The van der Waals surface area contributed by atoms with E-state index in [4.69, 9.17) is 10.00 Å². The Bertz CT molecular complexity index is 563. The van der Waals surface area contributed by atoms with Crippen LogP contribution in [0.1, 0.15) is 30.5 Å². The number of ether oxygens (including phenoxy) is 1. The molecule has 3 heteroatoms. The lowest BCUT2D eigenvalue weighted by molar-refractivity contribution is 0.304. The number of aryl methyl sites for hydroxylation is 1. The zero-order valence-electron chi connectivity index (χ0n) is 12.1. The van der Waals surface area contributed by atoms with Crippen LogP contribution in [0, 0.1) is 18.3 Å². The second kappa shape index (κ2) is 7.85. The van der Waals surface area contributed by atoms with E-state index < -0.39 is 0 Å². The van der Waals surface area contributed by atoms with Crippen molar-refractivity contribution in [2.75, 3.05) is 0 Å². The summed E-state index contributed by atoms with van der Waals surface area (Å²) in [4.78, 5) is 0. The van der Waals surface area contributed by atoms with Crippen molar-refractivity contribution < 1.29 is 9.84 Å². The summed E-state index contributed by atoms with van der Waals surface area (Å²) in [5, 5.41) is 18.1. The van der Waals surface area contributed by atoms with Crippen molar-refractivity contribution in [1.82, 2.24) is 0 Å². The van der Waals surface area contributed by atoms with Crippen molar-refractivity contribution in [1.29, 1.82) is 5.26 Å². The van der Waals surface area contributed by atoms with Gasteiger partial charge in [-0.05, 0) is 42.3 Å². The van der Waals surface area contributed by atoms with E-state index in [9.17, 15) is 5.11 Å². The van der Waals surface area contributed by atoms with Gasteiger partial charge in [0, 0.05) is 6.07 Å². The van der Waals surface area contributed by atoms with E-state index in [0.717, 1.165) is 11.1 Å². The molecule has 0 heterocycles. The largest absolute Gasteiger partial charge is 0.508 e. The van der Waals surface area contributed by atoms with E-state index in [0.29, 0.717) is 17.9 Å². The van der Waals surface area contributed by atoms with Gasteiger partial charge in [-0.25, -0.2) is 0 Å². The predicted molar refractivity (Wildman–Crippen MR) is 79.7 cm³/mol. The summed E-state index contributed by atoms with van der Waals surface area (Å²) in [5.41, 5.74) is 2.56. The molecule has 0 aliphatic heterocycles. The highest BCUT2D eigenvalue weighted by Crippen LogP contribution is 2.22. The zero-order chi connectivity index (χ0) is 15.0.